The maximum absolute atomic E-state index is 13.1. The Morgan fingerprint density at radius 1 is 0.720 bits per heavy atom. The molecule has 11 heteroatoms. The number of benzene rings is 2. The van der Waals surface area contributed by atoms with E-state index in [9.17, 15) is 14.9 Å². The van der Waals surface area contributed by atoms with Crippen molar-refractivity contribution in [3.63, 3.8) is 0 Å². The molecule has 4 aliphatic rings. The minimum Gasteiger partial charge on any atom is -0.444 e. The summed E-state index contributed by atoms with van der Waals surface area (Å²) in [5.74, 6) is 2.37. The summed E-state index contributed by atoms with van der Waals surface area (Å²) in [5, 5.41) is 9.97. The van der Waals surface area contributed by atoms with Gasteiger partial charge in [-0.25, -0.2) is 19.6 Å². The Kier molecular flexibility index (Phi) is 7.37. The average molecular weight is 674 g/mol. The second-order valence-corrected chi connectivity index (χ2v) is 16.2. The van der Waals surface area contributed by atoms with E-state index in [-0.39, 0.29) is 36.4 Å². The molecule has 2 saturated heterocycles. The maximum atomic E-state index is 13.1. The van der Waals surface area contributed by atoms with Gasteiger partial charge >= 0.3 is 12.2 Å². The van der Waals surface area contributed by atoms with Crippen molar-refractivity contribution in [2.75, 3.05) is 0 Å². The summed E-state index contributed by atoms with van der Waals surface area (Å²) in [4.78, 5) is 46.1. The summed E-state index contributed by atoms with van der Waals surface area (Å²) in [5.41, 5.74) is 4.53. The number of fused-ring (bicyclic) bond motifs is 2. The Morgan fingerprint density at radius 2 is 1.20 bits per heavy atom. The molecule has 2 unspecified atom stereocenters. The first-order valence-corrected chi connectivity index (χ1v) is 17.6. The van der Waals surface area contributed by atoms with E-state index in [2.05, 4.69) is 40.3 Å². The Labute approximate surface area is 292 Å². The minimum atomic E-state index is -0.590. The zero-order valence-electron chi connectivity index (χ0n) is 29.4. The third-order valence-electron chi connectivity index (χ3n) is 10.2. The number of nitrogens with zero attached hydrogens (tertiary/aromatic N) is 5. The number of hydrogen-bond donors (Lipinski definition) is 2. The first-order chi connectivity index (χ1) is 23.8. The average Bonchev–Trinajstić information content (AvgIpc) is 3.68. The van der Waals surface area contributed by atoms with Crippen molar-refractivity contribution >= 4 is 12.2 Å². The molecule has 2 aliphatic heterocycles. The number of aromatic amines is 2. The topological polar surface area (TPSA) is 140 Å². The van der Waals surface area contributed by atoms with Crippen LogP contribution in [0, 0.1) is 23.2 Å². The fourth-order valence-electron chi connectivity index (χ4n) is 7.70. The fraction of sp³-hybridized carbons (Fsp3) is 0.462. The number of imidazole rings is 2. The molecule has 2 saturated carbocycles. The third kappa shape index (κ3) is 6.01. The fourth-order valence-corrected chi connectivity index (χ4v) is 7.70. The number of carbonyl (C=O) groups is 2. The summed E-state index contributed by atoms with van der Waals surface area (Å²) in [6.07, 6.45) is 5.02. The van der Waals surface area contributed by atoms with Crippen LogP contribution in [0.1, 0.15) is 96.7 Å². The van der Waals surface area contributed by atoms with Crippen LogP contribution in [0.3, 0.4) is 0 Å². The van der Waals surface area contributed by atoms with Crippen LogP contribution in [0.15, 0.2) is 54.7 Å². The number of carbonyl (C=O) groups excluding carboxylic acids is 2. The standard InChI is InChI=1S/C39H43N7O4/c1-38(2,3)49-36(47)45-29-15-25(29)17-31(45)34-41-20-28(43-34)23-11-7-21(8-12-23)22-9-13-24(14-10-22)33-27(19-40)42-35(44-33)32-18-26-16-30(26)46(32)37(48)50-39(4,5)6/h7-14,20,25-26,29-32H,15-18H2,1-6H3,(H,41,43)(H,42,44)/t25-,26?,29-,30?,31+,32+/m1/s1. The molecule has 2 aromatic heterocycles. The molecule has 2 N–H and O–H groups in total. The largest absolute Gasteiger partial charge is 0.444 e. The van der Waals surface area contributed by atoms with Gasteiger partial charge in [0.25, 0.3) is 0 Å². The highest BCUT2D eigenvalue weighted by molar-refractivity contribution is 5.74. The number of aromatic nitrogens is 4. The second-order valence-electron chi connectivity index (χ2n) is 16.2. The van der Waals surface area contributed by atoms with Gasteiger partial charge in [-0.1, -0.05) is 48.5 Å². The smallest absolute Gasteiger partial charge is 0.411 e. The Balaban J connectivity index is 0.967. The molecule has 258 valence electrons. The van der Waals surface area contributed by atoms with Crippen molar-refractivity contribution in [3.05, 3.63) is 72.1 Å². The van der Waals surface area contributed by atoms with Crippen molar-refractivity contribution in [3.8, 4) is 39.7 Å². The number of ether oxygens (including phenoxy) is 2. The van der Waals surface area contributed by atoms with Gasteiger partial charge < -0.3 is 19.4 Å². The Bertz CT molecular complexity index is 1990. The van der Waals surface area contributed by atoms with Crippen LogP contribution in [-0.2, 0) is 9.47 Å². The molecule has 0 spiro atoms. The number of H-pyrrole nitrogens is 2. The van der Waals surface area contributed by atoms with Crippen LogP contribution in [-0.4, -0.2) is 65.2 Å². The number of piperidine rings is 2. The highest BCUT2D eigenvalue weighted by Gasteiger charge is 2.57. The zero-order valence-corrected chi connectivity index (χ0v) is 29.4. The second kappa shape index (κ2) is 11.5. The van der Waals surface area contributed by atoms with Crippen molar-refractivity contribution in [1.29, 1.82) is 5.26 Å². The first-order valence-electron chi connectivity index (χ1n) is 17.6. The van der Waals surface area contributed by atoms with Gasteiger partial charge in [-0.3, -0.25) is 9.80 Å². The van der Waals surface area contributed by atoms with Gasteiger partial charge in [0.1, 0.15) is 40.3 Å². The molecule has 6 atom stereocenters. The normalized spacial score (nSPS) is 25.1. The zero-order chi connectivity index (χ0) is 35.1. The Morgan fingerprint density at radius 3 is 1.70 bits per heavy atom. The summed E-state index contributed by atoms with van der Waals surface area (Å²) in [7, 11) is 0. The lowest BCUT2D eigenvalue weighted by Crippen LogP contribution is -2.38. The number of nitriles is 1. The highest BCUT2D eigenvalue weighted by atomic mass is 16.6. The van der Waals surface area contributed by atoms with Gasteiger partial charge in [0.05, 0.1) is 17.8 Å². The molecule has 2 amide bonds. The van der Waals surface area contributed by atoms with Gasteiger partial charge in [0.15, 0.2) is 0 Å². The summed E-state index contributed by atoms with van der Waals surface area (Å²) in [6, 6.07) is 18.6. The molecule has 0 radical (unpaired) electrons. The summed E-state index contributed by atoms with van der Waals surface area (Å²) in [6.45, 7) is 11.3. The first kappa shape index (κ1) is 32.1. The molecule has 11 nitrogen and oxygen atoms in total. The van der Waals surface area contributed by atoms with Gasteiger partial charge in [-0.15, -0.1) is 0 Å². The number of rotatable bonds is 5. The van der Waals surface area contributed by atoms with Crippen LogP contribution >= 0.6 is 0 Å². The number of amides is 2. The van der Waals surface area contributed by atoms with Gasteiger partial charge in [0, 0.05) is 29.4 Å². The van der Waals surface area contributed by atoms with E-state index in [1.807, 2.05) is 81.8 Å². The maximum Gasteiger partial charge on any atom is 0.411 e. The monoisotopic (exact) mass is 673 g/mol. The van der Waals surface area contributed by atoms with E-state index in [0.717, 1.165) is 59.5 Å². The van der Waals surface area contributed by atoms with Crippen LogP contribution in [0.4, 0.5) is 9.59 Å². The van der Waals surface area contributed by atoms with E-state index < -0.39 is 11.2 Å². The summed E-state index contributed by atoms with van der Waals surface area (Å²) < 4.78 is 11.4. The lowest BCUT2D eigenvalue weighted by atomic mass is 10.0. The molecule has 4 heterocycles. The molecule has 0 bridgehead atoms. The van der Waals surface area contributed by atoms with Crippen molar-refractivity contribution in [1.82, 2.24) is 29.7 Å². The predicted octanol–water partition coefficient (Wildman–Crippen LogP) is 8.15. The van der Waals surface area contributed by atoms with Crippen LogP contribution in [0.2, 0.25) is 0 Å². The van der Waals surface area contributed by atoms with E-state index in [1.165, 1.54) is 0 Å². The molecule has 8 rings (SSSR count). The number of nitrogens with one attached hydrogen (secondary N) is 2. The minimum absolute atomic E-state index is 0.111. The highest BCUT2D eigenvalue weighted by Crippen LogP contribution is 2.54. The van der Waals surface area contributed by atoms with E-state index in [4.69, 9.17) is 19.4 Å². The molecular formula is C39H43N7O4. The van der Waals surface area contributed by atoms with Gasteiger partial charge in [-0.05, 0) is 90.2 Å². The quantitative estimate of drug-likeness (QED) is 0.218. The van der Waals surface area contributed by atoms with Crippen molar-refractivity contribution in [2.24, 2.45) is 11.8 Å². The van der Waals surface area contributed by atoms with Crippen LogP contribution in [0.5, 0.6) is 0 Å². The predicted molar refractivity (Wildman–Crippen MR) is 186 cm³/mol. The molecule has 50 heavy (non-hydrogen) atoms. The molecule has 4 fully saturated rings. The number of hydrogen-bond acceptors (Lipinski definition) is 7. The Hall–Kier alpha value is -5.11. The van der Waals surface area contributed by atoms with E-state index >= 15 is 0 Å². The molecular weight excluding hydrogens is 630 g/mol. The van der Waals surface area contributed by atoms with Gasteiger partial charge in [0.2, 0.25) is 0 Å². The number of likely N-dealkylation sites (tertiary alicyclic amines) is 2. The van der Waals surface area contributed by atoms with E-state index in [1.54, 1.807) is 0 Å². The lowest BCUT2D eigenvalue weighted by molar-refractivity contribution is 0.0164. The van der Waals surface area contributed by atoms with Crippen molar-refractivity contribution in [2.45, 2.75) is 103 Å². The molecule has 4 aromatic rings. The molecule has 2 aliphatic carbocycles. The van der Waals surface area contributed by atoms with Crippen LogP contribution in [0.25, 0.3) is 33.6 Å². The SMILES string of the molecule is CC(C)(C)OC(=O)N1C2CC2C[C@H]1c1nc(-c2ccc(-c3ccc(-c4c[nH]c([C@@H]5C[C@H]6C[C@H]6N5C(=O)OC(C)(C)C)n4)cc3)cc2)c(C#N)[nH]1. The van der Waals surface area contributed by atoms with Crippen molar-refractivity contribution < 1.29 is 19.1 Å². The third-order valence-corrected chi connectivity index (χ3v) is 10.2. The summed E-state index contributed by atoms with van der Waals surface area (Å²) >= 11 is 0. The lowest BCUT2D eigenvalue weighted by Gasteiger charge is -2.29. The molecule has 2 aromatic carbocycles. The van der Waals surface area contributed by atoms with Crippen LogP contribution < -0.4 is 0 Å². The van der Waals surface area contributed by atoms with E-state index in [0.29, 0.717) is 29.0 Å². The van der Waals surface area contributed by atoms with Gasteiger partial charge in [-0.2, -0.15) is 5.26 Å².